The number of rotatable bonds is 7. The van der Waals surface area contributed by atoms with E-state index in [0.29, 0.717) is 24.1 Å². The molecule has 0 saturated heterocycles. The summed E-state index contributed by atoms with van der Waals surface area (Å²) in [5.41, 5.74) is 1.28. The number of nitrogens with one attached hydrogen (secondary N) is 1. The molecule has 1 amide bonds. The molecule has 0 radical (unpaired) electrons. The third kappa shape index (κ3) is 4.29. The van der Waals surface area contributed by atoms with E-state index in [4.69, 9.17) is 4.74 Å². The van der Waals surface area contributed by atoms with Gasteiger partial charge in [0.15, 0.2) is 12.9 Å². The molecule has 0 atom stereocenters. The second-order valence-electron chi connectivity index (χ2n) is 5.22. The number of pyridine rings is 1. The minimum Gasteiger partial charge on any atom is -0.483 e. The lowest BCUT2D eigenvalue weighted by atomic mass is 10.2. The Hall–Kier alpha value is -3.48. The van der Waals surface area contributed by atoms with E-state index in [2.05, 4.69) is 15.3 Å². The predicted octanol–water partition coefficient (Wildman–Crippen LogP) is 1.77. The van der Waals surface area contributed by atoms with Gasteiger partial charge in [0.2, 0.25) is 0 Å². The van der Waals surface area contributed by atoms with Gasteiger partial charge in [-0.3, -0.25) is 14.2 Å². The van der Waals surface area contributed by atoms with E-state index < -0.39 is 0 Å². The zero-order valence-electron chi connectivity index (χ0n) is 13.3. The molecule has 7 heteroatoms. The largest absolute Gasteiger partial charge is 0.483 e. The van der Waals surface area contributed by atoms with Gasteiger partial charge in [-0.25, -0.2) is 9.97 Å². The maximum Gasteiger partial charge on any atom is 0.258 e. The second-order valence-corrected chi connectivity index (χ2v) is 5.22. The topological polar surface area (TPSA) is 86.1 Å². The Kier molecular flexibility index (Phi) is 5.16. The fourth-order valence-corrected chi connectivity index (χ4v) is 2.17. The maximum absolute atomic E-state index is 11.9. The normalized spacial score (nSPS) is 10.2. The average Bonchev–Trinajstić information content (AvgIpc) is 3.20. The summed E-state index contributed by atoms with van der Waals surface area (Å²) in [6, 6.07) is 10.5. The number of hydrogen-bond acceptors (Lipinski definition) is 5. The Balaban J connectivity index is 1.50. The molecule has 0 aliphatic rings. The molecule has 126 valence electrons. The number of imidazole rings is 1. The number of aldehydes is 1. The lowest BCUT2D eigenvalue weighted by Crippen LogP contribution is -2.28. The molecular weight excluding hydrogens is 320 g/mol. The minimum absolute atomic E-state index is 0.161. The van der Waals surface area contributed by atoms with Crippen molar-refractivity contribution in [2.45, 2.75) is 6.54 Å². The Morgan fingerprint density at radius 3 is 2.84 bits per heavy atom. The molecule has 3 aromatic rings. The van der Waals surface area contributed by atoms with Gasteiger partial charge in [0, 0.05) is 25.1 Å². The van der Waals surface area contributed by atoms with E-state index in [1.807, 2.05) is 12.1 Å². The molecule has 0 unspecified atom stereocenters. The van der Waals surface area contributed by atoms with Gasteiger partial charge >= 0.3 is 0 Å². The first-order valence-electron chi connectivity index (χ1n) is 7.63. The minimum atomic E-state index is -0.278. The summed E-state index contributed by atoms with van der Waals surface area (Å²) in [6.45, 7) is 0.181. The number of benzene rings is 1. The van der Waals surface area contributed by atoms with Crippen molar-refractivity contribution in [3.63, 3.8) is 0 Å². The van der Waals surface area contributed by atoms with Crippen LogP contribution < -0.4 is 10.1 Å². The molecule has 25 heavy (non-hydrogen) atoms. The fourth-order valence-electron chi connectivity index (χ4n) is 2.17. The van der Waals surface area contributed by atoms with E-state index >= 15 is 0 Å². The first-order valence-corrected chi connectivity index (χ1v) is 7.63. The van der Waals surface area contributed by atoms with Gasteiger partial charge in [0.25, 0.3) is 5.91 Å². The molecule has 0 aliphatic carbocycles. The van der Waals surface area contributed by atoms with Crippen LogP contribution >= 0.6 is 0 Å². The van der Waals surface area contributed by atoms with Crippen LogP contribution in [0.3, 0.4) is 0 Å². The van der Waals surface area contributed by atoms with E-state index in [1.165, 1.54) is 0 Å². The Labute approximate surface area is 144 Å². The molecule has 3 rings (SSSR count). The van der Waals surface area contributed by atoms with Crippen LogP contribution in [-0.4, -0.2) is 33.3 Å². The van der Waals surface area contributed by atoms with Crippen LogP contribution in [0.15, 0.2) is 61.3 Å². The molecule has 7 nitrogen and oxygen atoms in total. The van der Waals surface area contributed by atoms with Crippen molar-refractivity contribution >= 4 is 12.2 Å². The van der Waals surface area contributed by atoms with Crippen molar-refractivity contribution < 1.29 is 14.3 Å². The summed E-state index contributed by atoms with van der Waals surface area (Å²) in [5.74, 6) is 0.861. The summed E-state index contributed by atoms with van der Waals surface area (Å²) >= 11 is 0. The predicted molar refractivity (Wildman–Crippen MR) is 90.5 cm³/mol. The second kappa shape index (κ2) is 7.87. The highest BCUT2D eigenvalue weighted by Crippen LogP contribution is 2.15. The smallest absolute Gasteiger partial charge is 0.258 e. The zero-order valence-corrected chi connectivity index (χ0v) is 13.3. The van der Waals surface area contributed by atoms with Crippen LogP contribution in [0.25, 0.3) is 5.82 Å². The molecule has 0 spiro atoms. The van der Waals surface area contributed by atoms with Crippen molar-refractivity contribution in [3.05, 3.63) is 72.4 Å². The van der Waals surface area contributed by atoms with Gasteiger partial charge < -0.3 is 10.1 Å². The summed E-state index contributed by atoms with van der Waals surface area (Å²) < 4.78 is 7.17. The number of carbonyl (C=O) groups is 2. The quantitative estimate of drug-likeness (QED) is 0.665. The molecule has 0 aliphatic heterocycles. The highest BCUT2D eigenvalue weighted by atomic mass is 16.5. The van der Waals surface area contributed by atoms with Gasteiger partial charge in [-0.1, -0.05) is 18.2 Å². The van der Waals surface area contributed by atoms with Crippen molar-refractivity contribution in [1.82, 2.24) is 19.9 Å². The number of nitrogens with zero attached hydrogens (tertiary/aromatic N) is 3. The van der Waals surface area contributed by atoms with Crippen molar-refractivity contribution in [3.8, 4) is 11.6 Å². The highest BCUT2D eigenvalue weighted by molar-refractivity contribution is 5.80. The molecule has 1 N–H and O–H groups in total. The van der Waals surface area contributed by atoms with E-state index in [0.717, 1.165) is 11.4 Å². The van der Waals surface area contributed by atoms with Crippen LogP contribution in [0.5, 0.6) is 5.75 Å². The summed E-state index contributed by atoms with van der Waals surface area (Å²) in [5, 5.41) is 2.75. The zero-order chi connectivity index (χ0) is 17.5. The van der Waals surface area contributed by atoms with E-state index in [1.54, 1.807) is 53.8 Å². The van der Waals surface area contributed by atoms with Crippen molar-refractivity contribution in [1.29, 1.82) is 0 Å². The van der Waals surface area contributed by atoms with Crippen LogP contribution in [0.1, 0.15) is 15.9 Å². The van der Waals surface area contributed by atoms with Crippen LogP contribution in [0.4, 0.5) is 0 Å². The number of amides is 1. The van der Waals surface area contributed by atoms with Gasteiger partial charge in [-0.15, -0.1) is 0 Å². The molecule has 0 fully saturated rings. The molecular formula is C18H16N4O3. The van der Waals surface area contributed by atoms with Crippen LogP contribution in [-0.2, 0) is 11.3 Å². The van der Waals surface area contributed by atoms with Gasteiger partial charge in [-0.2, -0.15) is 0 Å². The van der Waals surface area contributed by atoms with Gasteiger partial charge in [-0.05, 0) is 23.8 Å². The van der Waals surface area contributed by atoms with Crippen molar-refractivity contribution in [2.75, 3.05) is 6.61 Å². The number of ether oxygens (including phenoxy) is 1. The van der Waals surface area contributed by atoms with Gasteiger partial charge in [0.05, 0.1) is 5.56 Å². The lowest BCUT2D eigenvalue weighted by Gasteiger charge is -2.09. The summed E-state index contributed by atoms with van der Waals surface area (Å²) in [7, 11) is 0. The lowest BCUT2D eigenvalue weighted by molar-refractivity contribution is -0.123. The van der Waals surface area contributed by atoms with Crippen LogP contribution in [0, 0.1) is 0 Å². The Morgan fingerprint density at radius 1 is 1.24 bits per heavy atom. The summed E-state index contributed by atoms with van der Waals surface area (Å²) in [4.78, 5) is 31.1. The Morgan fingerprint density at radius 2 is 2.12 bits per heavy atom. The summed E-state index contributed by atoms with van der Waals surface area (Å²) in [6.07, 6.45) is 7.54. The molecule has 2 aromatic heterocycles. The van der Waals surface area contributed by atoms with Crippen molar-refractivity contribution in [2.24, 2.45) is 0 Å². The number of carbonyl (C=O) groups excluding carboxylic acids is 2. The monoisotopic (exact) mass is 336 g/mol. The van der Waals surface area contributed by atoms with E-state index in [-0.39, 0.29) is 12.5 Å². The first kappa shape index (κ1) is 16.4. The standard InChI is InChI=1S/C18H16N4O3/c23-11-15-3-1-2-4-16(15)25-12-18(24)21-10-14-5-6-17(20-9-14)22-8-7-19-13-22/h1-9,11,13H,10,12H2,(H,21,24). The molecule has 2 heterocycles. The maximum atomic E-state index is 11.9. The third-order valence-electron chi connectivity index (χ3n) is 3.47. The highest BCUT2D eigenvalue weighted by Gasteiger charge is 2.06. The SMILES string of the molecule is O=Cc1ccccc1OCC(=O)NCc1ccc(-n2ccnc2)nc1. The number of para-hydroxylation sites is 1. The molecule has 0 bridgehead atoms. The van der Waals surface area contributed by atoms with E-state index in [9.17, 15) is 9.59 Å². The fraction of sp³-hybridized carbons (Fsp3) is 0.111. The number of aromatic nitrogens is 3. The average molecular weight is 336 g/mol. The number of hydrogen-bond donors (Lipinski definition) is 1. The van der Waals surface area contributed by atoms with Gasteiger partial charge in [0.1, 0.15) is 17.9 Å². The third-order valence-corrected chi connectivity index (χ3v) is 3.47. The molecule has 0 saturated carbocycles. The molecule has 1 aromatic carbocycles. The Bertz CT molecular complexity index is 845. The van der Waals surface area contributed by atoms with Crippen LogP contribution in [0.2, 0.25) is 0 Å². The first-order chi connectivity index (χ1) is 12.3.